The fourth-order valence-corrected chi connectivity index (χ4v) is 2.61. The summed E-state index contributed by atoms with van der Waals surface area (Å²) in [5, 5.41) is 7.40. The van der Waals surface area contributed by atoms with Crippen molar-refractivity contribution in [2.45, 2.75) is 19.5 Å². The van der Waals surface area contributed by atoms with Gasteiger partial charge in [-0.25, -0.2) is 0 Å². The number of aliphatic imine (C=N–C) groups is 1. The molecule has 136 valence electrons. The molecule has 2 aromatic carbocycles. The highest BCUT2D eigenvalue weighted by Crippen LogP contribution is 2.25. The van der Waals surface area contributed by atoms with Gasteiger partial charge in [0.15, 0.2) is 5.96 Å². The smallest absolute Gasteiger partial charge is 0.191 e. The zero-order chi connectivity index (χ0) is 17.4. The largest absolute Gasteiger partial charge is 0.383 e. The van der Waals surface area contributed by atoms with E-state index < -0.39 is 0 Å². The van der Waals surface area contributed by atoms with Gasteiger partial charge in [0, 0.05) is 31.8 Å². The second kappa shape index (κ2) is 11.3. The lowest BCUT2D eigenvalue weighted by molar-refractivity contribution is 0.179. The zero-order valence-corrected chi connectivity index (χ0v) is 17.8. The van der Waals surface area contributed by atoms with E-state index in [0.717, 1.165) is 16.5 Å². The van der Waals surface area contributed by atoms with Gasteiger partial charge in [-0.2, -0.15) is 0 Å². The third kappa shape index (κ3) is 6.84. The van der Waals surface area contributed by atoms with Crippen LogP contribution in [0.4, 0.5) is 0 Å². The lowest BCUT2D eigenvalue weighted by atomic mass is 10.00. The van der Waals surface area contributed by atoms with Gasteiger partial charge >= 0.3 is 0 Å². The van der Waals surface area contributed by atoms with Gasteiger partial charge in [-0.3, -0.25) is 4.99 Å². The molecule has 0 aliphatic carbocycles. The molecule has 2 rings (SSSR count). The van der Waals surface area contributed by atoms with Crippen molar-refractivity contribution in [3.8, 4) is 11.1 Å². The van der Waals surface area contributed by atoms with Crippen LogP contribution in [0.5, 0.6) is 0 Å². The SMILES string of the molecule is CN=C(NCc1ccccc1-c1ccc(Cl)cc1)NC(C)COC.I. The molecule has 6 heteroatoms. The minimum atomic E-state index is 0. The van der Waals surface area contributed by atoms with Gasteiger partial charge in [0.2, 0.25) is 0 Å². The summed E-state index contributed by atoms with van der Waals surface area (Å²) in [5.74, 6) is 0.755. The number of nitrogens with one attached hydrogen (secondary N) is 2. The summed E-state index contributed by atoms with van der Waals surface area (Å²) >= 11 is 5.99. The maximum absolute atomic E-state index is 5.99. The first-order valence-electron chi connectivity index (χ1n) is 7.94. The topological polar surface area (TPSA) is 45.7 Å². The Hall–Kier alpha value is -1.31. The molecular formula is C19H25ClIN3O. The van der Waals surface area contributed by atoms with Crippen molar-refractivity contribution in [2.75, 3.05) is 20.8 Å². The summed E-state index contributed by atoms with van der Waals surface area (Å²) < 4.78 is 5.14. The predicted molar refractivity (Wildman–Crippen MR) is 117 cm³/mol. The molecule has 0 fully saturated rings. The van der Waals surface area contributed by atoms with Crippen LogP contribution < -0.4 is 10.6 Å². The molecular weight excluding hydrogens is 449 g/mol. The molecule has 0 heterocycles. The molecule has 0 saturated carbocycles. The fourth-order valence-electron chi connectivity index (χ4n) is 2.48. The van der Waals surface area contributed by atoms with Crippen LogP contribution in [-0.4, -0.2) is 32.8 Å². The highest BCUT2D eigenvalue weighted by molar-refractivity contribution is 14.0. The number of benzene rings is 2. The Kier molecular flexibility index (Phi) is 9.85. The summed E-state index contributed by atoms with van der Waals surface area (Å²) in [5.41, 5.74) is 3.52. The molecule has 1 unspecified atom stereocenters. The molecule has 0 amide bonds. The molecule has 25 heavy (non-hydrogen) atoms. The van der Waals surface area contributed by atoms with E-state index in [4.69, 9.17) is 16.3 Å². The first kappa shape index (κ1) is 21.7. The lowest BCUT2D eigenvalue weighted by Gasteiger charge is -2.18. The summed E-state index contributed by atoms with van der Waals surface area (Å²) in [6, 6.07) is 16.4. The van der Waals surface area contributed by atoms with Gasteiger partial charge in [-0.1, -0.05) is 48.0 Å². The summed E-state index contributed by atoms with van der Waals surface area (Å²) in [6.07, 6.45) is 0. The minimum Gasteiger partial charge on any atom is -0.383 e. The molecule has 4 nitrogen and oxygen atoms in total. The van der Waals surface area contributed by atoms with Gasteiger partial charge in [0.1, 0.15) is 0 Å². The zero-order valence-electron chi connectivity index (χ0n) is 14.8. The third-order valence-corrected chi connectivity index (χ3v) is 3.89. The molecule has 0 aromatic heterocycles. The molecule has 0 aliphatic heterocycles. The molecule has 1 atom stereocenters. The van der Waals surface area contributed by atoms with Crippen LogP contribution in [0, 0.1) is 0 Å². The number of hydrogen-bond acceptors (Lipinski definition) is 2. The van der Waals surface area contributed by atoms with Crippen LogP contribution in [0.2, 0.25) is 5.02 Å². The van der Waals surface area contributed by atoms with E-state index >= 15 is 0 Å². The van der Waals surface area contributed by atoms with Crippen molar-refractivity contribution in [1.82, 2.24) is 10.6 Å². The number of ether oxygens (including phenoxy) is 1. The van der Waals surface area contributed by atoms with Crippen LogP contribution in [0.25, 0.3) is 11.1 Å². The maximum Gasteiger partial charge on any atom is 0.191 e. The number of guanidine groups is 1. The Balaban J connectivity index is 0.00000312. The highest BCUT2D eigenvalue weighted by Gasteiger charge is 2.07. The number of hydrogen-bond donors (Lipinski definition) is 2. The molecule has 0 spiro atoms. The van der Waals surface area contributed by atoms with Crippen LogP contribution in [0.15, 0.2) is 53.5 Å². The average Bonchev–Trinajstić information content (AvgIpc) is 2.60. The number of halogens is 2. The fraction of sp³-hybridized carbons (Fsp3) is 0.316. The van der Waals surface area contributed by atoms with Crippen molar-refractivity contribution in [1.29, 1.82) is 0 Å². The van der Waals surface area contributed by atoms with Crippen molar-refractivity contribution >= 4 is 41.5 Å². The van der Waals surface area contributed by atoms with Crippen LogP contribution in [-0.2, 0) is 11.3 Å². The lowest BCUT2D eigenvalue weighted by Crippen LogP contribution is -2.43. The molecule has 0 bridgehead atoms. The van der Waals surface area contributed by atoms with E-state index in [1.807, 2.05) is 36.4 Å². The second-order valence-corrected chi connectivity index (χ2v) is 6.03. The highest BCUT2D eigenvalue weighted by atomic mass is 127. The Labute approximate surface area is 172 Å². The van der Waals surface area contributed by atoms with Crippen LogP contribution in [0.3, 0.4) is 0 Å². The van der Waals surface area contributed by atoms with E-state index in [-0.39, 0.29) is 30.0 Å². The van der Waals surface area contributed by atoms with Crippen molar-refractivity contribution in [3.05, 3.63) is 59.1 Å². The molecule has 0 saturated heterocycles. The van der Waals surface area contributed by atoms with E-state index in [1.54, 1.807) is 14.2 Å². The van der Waals surface area contributed by atoms with Gasteiger partial charge in [0.05, 0.1) is 6.61 Å². The van der Waals surface area contributed by atoms with E-state index in [2.05, 4.69) is 34.7 Å². The molecule has 2 aromatic rings. The first-order chi connectivity index (χ1) is 11.6. The second-order valence-electron chi connectivity index (χ2n) is 5.59. The van der Waals surface area contributed by atoms with Crippen molar-refractivity contribution in [3.63, 3.8) is 0 Å². The predicted octanol–water partition coefficient (Wildman–Crippen LogP) is 4.32. The Morgan fingerprint density at radius 2 is 1.84 bits per heavy atom. The van der Waals surface area contributed by atoms with Crippen LogP contribution >= 0.6 is 35.6 Å². The van der Waals surface area contributed by atoms with Gasteiger partial charge < -0.3 is 15.4 Å². The maximum atomic E-state index is 5.99. The van der Waals surface area contributed by atoms with Crippen LogP contribution in [0.1, 0.15) is 12.5 Å². The normalized spacial score (nSPS) is 12.2. The van der Waals surface area contributed by atoms with Gasteiger partial charge in [-0.05, 0) is 35.7 Å². The number of methoxy groups -OCH3 is 1. The van der Waals surface area contributed by atoms with Crippen molar-refractivity contribution < 1.29 is 4.74 Å². The average molecular weight is 474 g/mol. The van der Waals surface area contributed by atoms with Gasteiger partial charge in [-0.15, -0.1) is 24.0 Å². The number of nitrogens with zero attached hydrogens (tertiary/aromatic N) is 1. The first-order valence-corrected chi connectivity index (χ1v) is 8.31. The summed E-state index contributed by atoms with van der Waals surface area (Å²) in [6.45, 7) is 3.36. The van der Waals surface area contributed by atoms with E-state index in [9.17, 15) is 0 Å². The minimum absolute atomic E-state index is 0. The van der Waals surface area contributed by atoms with E-state index in [1.165, 1.54) is 11.1 Å². The van der Waals surface area contributed by atoms with Crippen molar-refractivity contribution in [2.24, 2.45) is 4.99 Å². The summed E-state index contributed by atoms with van der Waals surface area (Å²) in [4.78, 5) is 4.26. The molecule has 0 radical (unpaired) electrons. The Bertz CT molecular complexity index is 677. The molecule has 2 N–H and O–H groups in total. The standard InChI is InChI=1S/C19H24ClN3O.HI/c1-14(13-24-3)23-19(21-2)22-12-16-6-4-5-7-18(16)15-8-10-17(20)11-9-15;/h4-11,14H,12-13H2,1-3H3,(H2,21,22,23);1H. The van der Waals surface area contributed by atoms with E-state index in [0.29, 0.717) is 13.2 Å². The third-order valence-electron chi connectivity index (χ3n) is 3.64. The quantitative estimate of drug-likeness (QED) is 0.373. The van der Waals surface area contributed by atoms with Gasteiger partial charge in [0.25, 0.3) is 0 Å². The Morgan fingerprint density at radius 3 is 2.48 bits per heavy atom. The summed E-state index contributed by atoms with van der Waals surface area (Å²) in [7, 11) is 3.46. The monoisotopic (exact) mass is 473 g/mol. The Morgan fingerprint density at radius 1 is 1.16 bits per heavy atom. The number of rotatable bonds is 6. The molecule has 0 aliphatic rings.